The van der Waals surface area contributed by atoms with Gasteiger partial charge in [0.15, 0.2) is 0 Å². The van der Waals surface area contributed by atoms with Crippen LogP contribution in [0.5, 0.6) is 5.75 Å². The van der Waals surface area contributed by atoms with Crippen molar-refractivity contribution in [1.29, 1.82) is 0 Å². The van der Waals surface area contributed by atoms with E-state index in [1.54, 1.807) is 41.3 Å². The predicted octanol–water partition coefficient (Wildman–Crippen LogP) is 3.17. The molecule has 0 aliphatic carbocycles. The molecule has 152 valence electrons. The lowest BCUT2D eigenvalue weighted by Crippen LogP contribution is -2.24. The minimum absolute atomic E-state index is 0.0373. The molecule has 2 aromatic rings. The molecule has 1 fully saturated rings. The topological polar surface area (TPSA) is 114 Å². The molecule has 0 atom stereocenters. The van der Waals surface area contributed by atoms with Crippen LogP contribution >= 0.6 is 0 Å². The Balaban J connectivity index is 1.58. The van der Waals surface area contributed by atoms with Crippen molar-refractivity contribution in [2.45, 2.75) is 19.3 Å². The zero-order chi connectivity index (χ0) is 20.8. The summed E-state index contributed by atoms with van der Waals surface area (Å²) in [7, 11) is 1.52. The van der Waals surface area contributed by atoms with E-state index in [0.29, 0.717) is 35.8 Å². The van der Waals surface area contributed by atoms with Gasteiger partial charge < -0.3 is 20.3 Å². The molecule has 3 rings (SSSR count). The highest BCUT2D eigenvalue weighted by Crippen LogP contribution is 2.33. The molecule has 0 spiro atoms. The lowest BCUT2D eigenvalue weighted by molar-refractivity contribution is -0.384. The van der Waals surface area contributed by atoms with Crippen molar-refractivity contribution in [1.82, 2.24) is 0 Å². The number of methoxy groups -OCH3 is 1. The number of rotatable bonds is 8. The first kappa shape index (κ1) is 20.1. The molecule has 29 heavy (non-hydrogen) atoms. The fraction of sp³-hybridized carbons (Fsp3) is 0.300. The number of amides is 2. The lowest BCUT2D eigenvalue weighted by Gasteiger charge is -2.19. The molecule has 0 aromatic heterocycles. The zero-order valence-corrected chi connectivity index (χ0v) is 16.0. The first-order chi connectivity index (χ1) is 14.0. The fourth-order valence-electron chi connectivity index (χ4n) is 3.20. The number of hydrogen-bond donors (Lipinski definition) is 2. The van der Waals surface area contributed by atoms with Crippen molar-refractivity contribution >= 4 is 34.6 Å². The summed E-state index contributed by atoms with van der Waals surface area (Å²) >= 11 is 0. The standard InChI is InChI=1S/C20H22N4O5/c1-29-18-13-14(8-9-17(18)23-12-4-7-20(23)26)22-19(25)10-11-21-15-5-2-3-6-16(15)24(27)28/h2-3,5-6,8-9,13,21H,4,7,10-12H2,1H3,(H,22,25). The second-order valence-electron chi connectivity index (χ2n) is 6.53. The highest BCUT2D eigenvalue weighted by molar-refractivity contribution is 5.98. The van der Waals surface area contributed by atoms with Gasteiger partial charge in [-0.3, -0.25) is 19.7 Å². The van der Waals surface area contributed by atoms with Crippen molar-refractivity contribution in [2.75, 3.05) is 35.7 Å². The number of nitrogens with one attached hydrogen (secondary N) is 2. The maximum absolute atomic E-state index is 12.2. The Morgan fingerprint density at radius 1 is 1.28 bits per heavy atom. The van der Waals surface area contributed by atoms with E-state index in [9.17, 15) is 19.7 Å². The van der Waals surface area contributed by atoms with Gasteiger partial charge in [-0.05, 0) is 24.6 Å². The second-order valence-corrected chi connectivity index (χ2v) is 6.53. The molecule has 0 unspecified atom stereocenters. The van der Waals surface area contributed by atoms with Gasteiger partial charge in [0.1, 0.15) is 11.4 Å². The van der Waals surface area contributed by atoms with Crippen LogP contribution in [-0.2, 0) is 9.59 Å². The average molecular weight is 398 g/mol. The minimum Gasteiger partial charge on any atom is -0.494 e. The number of ether oxygens (including phenoxy) is 1. The highest BCUT2D eigenvalue weighted by atomic mass is 16.6. The number of carbonyl (C=O) groups excluding carboxylic acids is 2. The van der Waals surface area contributed by atoms with Crippen LogP contribution in [0, 0.1) is 10.1 Å². The normalized spacial score (nSPS) is 13.3. The van der Waals surface area contributed by atoms with Gasteiger partial charge in [-0.2, -0.15) is 0 Å². The van der Waals surface area contributed by atoms with Gasteiger partial charge in [0.2, 0.25) is 11.8 Å². The van der Waals surface area contributed by atoms with Crippen molar-refractivity contribution in [3.05, 3.63) is 52.6 Å². The molecule has 0 radical (unpaired) electrons. The predicted molar refractivity (Wildman–Crippen MR) is 109 cm³/mol. The number of nitrogens with zero attached hydrogens (tertiary/aromatic N) is 2. The van der Waals surface area contributed by atoms with E-state index in [2.05, 4.69) is 10.6 Å². The van der Waals surface area contributed by atoms with E-state index in [0.717, 1.165) is 6.42 Å². The van der Waals surface area contributed by atoms with Crippen LogP contribution in [0.4, 0.5) is 22.7 Å². The molecule has 1 heterocycles. The van der Waals surface area contributed by atoms with Gasteiger partial charge >= 0.3 is 0 Å². The molecular weight excluding hydrogens is 376 g/mol. The molecule has 2 N–H and O–H groups in total. The summed E-state index contributed by atoms with van der Waals surface area (Å²) in [5, 5.41) is 16.7. The van der Waals surface area contributed by atoms with Gasteiger partial charge in [0, 0.05) is 43.8 Å². The van der Waals surface area contributed by atoms with Gasteiger partial charge in [-0.1, -0.05) is 12.1 Å². The summed E-state index contributed by atoms with van der Waals surface area (Å²) in [5.41, 5.74) is 1.57. The zero-order valence-electron chi connectivity index (χ0n) is 16.0. The highest BCUT2D eigenvalue weighted by Gasteiger charge is 2.24. The third-order valence-electron chi connectivity index (χ3n) is 4.60. The lowest BCUT2D eigenvalue weighted by atomic mass is 10.2. The van der Waals surface area contributed by atoms with Crippen molar-refractivity contribution in [2.24, 2.45) is 0 Å². The van der Waals surface area contributed by atoms with Crippen LogP contribution in [0.3, 0.4) is 0 Å². The van der Waals surface area contributed by atoms with E-state index < -0.39 is 4.92 Å². The maximum atomic E-state index is 12.2. The quantitative estimate of drug-likeness (QED) is 0.521. The van der Waals surface area contributed by atoms with E-state index in [4.69, 9.17) is 4.74 Å². The second kappa shape index (κ2) is 9.05. The first-order valence-corrected chi connectivity index (χ1v) is 9.25. The third-order valence-corrected chi connectivity index (χ3v) is 4.60. The summed E-state index contributed by atoms with van der Waals surface area (Å²) in [6, 6.07) is 11.4. The first-order valence-electron chi connectivity index (χ1n) is 9.25. The largest absolute Gasteiger partial charge is 0.494 e. The Morgan fingerprint density at radius 2 is 2.07 bits per heavy atom. The average Bonchev–Trinajstić information content (AvgIpc) is 3.13. The number of nitro benzene ring substituents is 1. The van der Waals surface area contributed by atoms with Gasteiger partial charge in [0.05, 0.1) is 17.7 Å². The van der Waals surface area contributed by atoms with Gasteiger partial charge in [0.25, 0.3) is 5.69 Å². The molecule has 1 aliphatic heterocycles. The van der Waals surface area contributed by atoms with Crippen LogP contribution in [0.15, 0.2) is 42.5 Å². The molecule has 2 amide bonds. The molecule has 9 nitrogen and oxygen atoms in total. The number of benzene rings is 2. The van der Waals surface area contributed by atoms with Gasteiger partial charge in [-0.25, -0.2) is 0 Å². The summed E-state index contributed by atoms with van der Waals surface area (Å²) in [5.74, 6) is 0.320. The summed E-state index contributed by atoms with van der Waals surface area (Å²) in [4.78, 5) is 36.4. The van der Waals surface area contributed by atoms with E-state index >= 15 is 0 Å². The number of nitro groups is 1. The SMILES string of the molecule is COc1cc(NC(=O)CCNc2ccccc2[N+](=O)[O-])ccc1N1CCCC1=O. The molecular formula is C20H22N4O5. The number of hydrogen-bond acceptors (Lipinski definition) is 6. The van der Waals surface area contributed by atoms with Crippen molar-refractivity contribution in [3.63, 3.8) is 0 Å². The van der Waals surface area contributed by atoms with E-state index in [1.807, 2.05) is 0 Å². The monoisotopic (exact) mass is 398 g/mol. The van der Waals surface area contributed by atoms with Crippen molar-refractivity contribution < 1.29 is 19.2 Å². The molecule has 9 heteroatoms. The Labute approximate surface area is 167 Å². The Kier molecular flexibility index (Phi) is 6.28. The van der Waals surface area contributed by atoms with Crippen LogP contribution in [0.25, 0.3) is 0 Å². The number of para-hydroxylation sites is 2. The Hall–Kier alpha value is -3.62. The third kappa shape index (κ3) is 4.81. The van der Waals surface area contributed by atoms with Gasteiger partial charge in [-0.15, -0.1) is 0 Å². The summed E-state index contributed by atoms with van der Waals surface area (Å²) in [6.07, 6.45) is 1.46. The molecule has 0 saturated carbocycles. The van der Waals surface area contributed by atoms with Crippen LogP contribution in [-0.4, -0.2) is 36.9 Å². The summed E-state index contributed by atoms with van der Waals surface area (Å²) in [6.45, 7) is 0.895. The molecule has 1 saturated heterocycles. The molecule has 1 aliphatic rings. The summed E-state index contributed by atoms with van der Waals surface area (Å²) < 4.78 is 5.38. The molecule has 0 bridgehead atoms. The van der Waals surface area contributed by atoms with E-state index in [1.165, 1.54) is 13.2 Å². The number of carbonyl (C=O) groups is 2. The Bertz CT molecular complexity index is 931. The number of anilines is 3. The fourth-order valence-corrected chi connectivity index (χ4v) is 3.20. The van der Waals surface area contributed by atoms with Crippen LogP contribution in [0.2, 0.25) is 0 Å². The van der Waals surface area contributed by atoms with E-state index in [-0.39, 0.29) is 30.5 Å². The van der Waals surface area contributed by atoms with Crippen molar-refractivity contribution in [3.8, 4) is 5.75 Å². The van der Waals surface area contributed by atoms with Crippen LogP contribution in [0.1, 0.15) is 19.3 Å². The smallest absolute Gasteiger partial charge is 0.292 e. The minimum atomic E-state index is -0.471. The Morgan fingerprint density at radius 3 is 2.76 bits per heavy atom. The maximum Gasteiger partial charge on any atom is 0.292 e. The van der Waals surface area contributed by atoms with Crippen LogP contribution < -0.4 is 20.3 Å². The molecule has 2 aromatic carbocycles.